The van der Waals surface area contributed by atoms with Gasteiger partial charge in [-0.1, -0.05) is 5.16 Å². The van der Waals surface area contributed by atoms with E-state index in [0.717, 1.165) is 25.9 Å². The Balaban J connectivity index is 1.67. The van der Waals surface area contributed by atoms with Crippen molar-refractivity contribution in [2.24, 2.45) is 5.92 Å². The molecule has 0 radical (unpaired) electrons. The van der Waals surface area contributed by atoms with Gasteiger partial charge in [0.2, 0.25) is 11.8 Å². The molecule has 1 aliphatic rings. The molecule has 1 saturated heterocycles. The number of hydrogen-bond acceptors (Lipinski definition) is 5. The molecule has 2 amide bonds. The number of nitrogens with one attached hydrogen (secondary N) is 2. The molecule has 0 aromatic carbocycles. The number of nitrogens with zero attached hydrogens (tertiary/aromatic N) is 2. The van der Waals surface area contributed by atoms with Crippen molar-refractivity contribution in [1.82, 2.24) is 15.4 Å². The summed E-state index contributed by atoms with van der Waals surface area (Å²) in [5, 5.41) is 9.12. The van der Waals surface area contributed by atoms with Gasteiger partial charge in [-0.05, 0) is 32.9 Å². The van der Waals surface area contributed by atoms with Crippen molar-refractivity contribution in [1.29, 1.82) is 0 Å². The van der Waals surface area contributed by atoms with Crippen LogP contribution in [-0.2, 0) is 9.59 Å². The van der Waals surface area contributed by atoms with Crippen LogP contribution in [0.3, 0.4) is 0 Å². The van der Waals surface area contributed by atoms with Gasteiger partial charge in [0.15, 0.2) is 5.82 Å². The SMILES string of the molecule is CNC(=O)C1CCN(CCC(=O)Nc2cc(C)on2)CC1. The van der Waals surface area contributed by atoms with Gasteiger partial charge in [-0.15, -0.1) is 0 Å². The van der Waals surface area contributed by atoms with E-state index in [0.29, 0.717) is 24.5 Å². The van der Waals surface area contributed by atoms with E-state index in [9.17, 15) is 9.59 Å². The summed E-state index contributed by atoms with van der Waals surface area (Å²) in [5.74, 6) is 1.28. The van der Waals surface area contributed by atoms with Gasteiger partial charge in [-0.2, -0.15) is 0 Å². The minimum absolute atomic E-state index is 0.0725. The van der Waals surface area contributed by atoms with Crippen LogP contribution in [0.15, 0.2) is 10.6 Å². The van der Waals surface area contributed by atoms with E-state index in [1.807, 2.05) is 0 Å². The molecular formula is C14H22N4O3. The van der Waals surface area contributed by atoms with Crippen molar-refractivity contribution in [3.05, 3.63) is 11.8 Å². The highest BCUT2D eigenvalue weighted by Crippen LogP contribution is 2.17. The largest absolute Gasteiger partial charge is 0.360 e. The summed E-state index contributed by atoms with van der Waals surface area (Å²) in [6.07, 6.45) is 2.12. The number of likely N-dealkylation sites (tertiary alicyclic amines) is 1. The van der Waals surface area contributed by atoms with Crippen LogP contribution >= 0.6 is 0 Å². The Kier molecular flexibility index (Phi) is 5.32. The zero-order valence-corrected chi connectivity index (χ0v) is 12.5. The summed E-state index contributed by atoms with van der Waals surface area (Å²) < 4.78 is 4.89. The molecule has 1 aliphatic heterocycles. The molecule has 2 rings (SSSR count). The van der Waals surface area contributed by atoms with Crippen molar-refractivity contribution in [3.63, 3.8) is 0 Å². The van der Waals surface area contributed by atoms with Crippen LogP contribution in [0.5, 0.6) is 0 Å². The molecule has 0 unspecified atom stereocenters. The van der Waals surface area contributed by atoms with Crippen molar-refractivity contribution >= 4 is 17.6 Å². The Labute approximate surface area is 124 Å². The first kappa shape index (κ1) is 15.5. The maximum absolute atomic E-state index is 11.8. The standard InChI is InChI=1S/C14H22N4O3/c1-10-9-12(17-21-10)16-13(19)5-8-18-6-3-11(4-7-18)14(20)15-2/h9,11H,3-8H2,1-2H3,(H,15,20)(H,16,17,19). The third kappa shape index (κ3) is 4.56. The van der Waals surface area contributed by atoms with Crippen LogP contribution in [0.4, 0.5) is 5.82 Å². The first-order chi connectivity index (χ1) is 10.1. The number of carbonyl (C=O) groups is 2. The zero-order chi connectivity index (χ0) is 15.2. The lowest BCUT2D eigenvalue weighted by molar-refractivity contribution is -0.126. The van der Waals surface area contributed by atoms with Crippen LogP contribution in [0.25, 0.3) is 0 Å². The summed E-state index contributed by atoms with van der Waals surface area (Å²) in [7, 11) is 1.67. The number of rotatable bonds is 5. The van der Waals surface area contributed by atoms with Crippen LogP contribution in [0.1, 0.15) is 25.0 Å². The number of anilines is 1. The highest BCUT2D eigenvalue weighted by molar-refractivity contribution is 5.89. The quantitative estimate of drug-likeness (QED) is 0.837. The molecule has 2 heterocycles. The summed E-state index contributed by atoms with van der Waals surface area (Å²) >= 11 is 0. The summed E-state index contributed by atoms with van der Waals surface area (Å²) in [6.45, 7) is 4.19. The molecule has 0 aliphatic carbocycles. The van der Waals surface area contributed by atoms with E-state index in [-0.39, 0.29) is 17.7 Å². The van der Waals surface area contributed by atoms with Gasteiger partial charge in [-0.25, -0.2) is 0 Å². The molecule has 1 aromatic heterocycles. The monoisotopic (exact) mass is 294 g/mol. The lowest BCUT2D eigenvalue weighted by atomic mass is 9.96. The molecule has 0 saturated carbocycles. The summed E-state index contributed by atoms with van der Waals surface area (Å²) in [4.78, 5) is 25.6. The first-order valence-corrected chi connectivity index (χ1v) is 7.25. The number of piperidine rings is 1. The normalized spacial score (nSPS) is 16.7. The highest BCUT2D eigenvalue weighted by Gasteiger charge is 2.24. The minimum atomic E-state index is -0.0725. The van der Waals surface area contributed by atoms with Crippen molar-refractivity contribution in [3.8, 4) is 0 Å². The third-order valence-corrected chi connectivity index (χ3v) is 3.76. The Morgan fingerprint density at radius 3 is 2.71 bits per heavy atom. The number of amides is 2. The summed E-state index contributed by atoms with van der Waals surface area (Å²) in [6, 6.07) is 1.69. The Bertz CT molecular complexity index is 492. The van der Waals surface area contributed by atoms with Gasteiger partial charge in [0.25, 0.3) is 0 Å². The Hall–Kier alpha value is -1.89. The van der Waals surface area contributed by atoms with Crippen LogP contribution in [0, 0.1) is 12.8 Å². The van der Waals surface area contributed by atoms with Gasteiger partial charge in [0.05, 0.1) is 0 Å². The molecule has 7 heteroatoms. The van der Waals surface area contributed by atoms with Gasteiger partial charge in [0, 0.05) is 32.0 Å². The van der Waals surface area contributed by atoms with Gasteiger partial charge in [0.1, 0.15) is 5.76 Å². The van der Waals surface area contributed by atoms with Crippen LogP contribution in [0.2, 0.25) is 0 Å². The van der Waals surface area contributed by atoms with Gasteiger partial charge in [-0.3, -0.25) is 9.59 Å². The average molecular weight is 294 g/mol. The van der Waals surface area contributed by atoms with Gasteiger partial charge < -0.3 is 20.1 Å². The molecule has 0 bridgehead atoms. The van der Waals surface area contributed by atoms with E-state index in [1.54, 1.807) is 20.0 Å². The maximum atomic E-state index is 11.8. The number of aromatic nitrogens is 1. The summed E-state index contributed by atoms with van der Waals surface area (Å²) in [5.41, 5.74) is 0. The number of hydrogen-bond donors (Lipinski definition) is 2. The highest BCUT2D eigenvalue weighted by atomic mass is 16.5. The Morgan fingerprint density at radius 1 is 1.43 bits per heavy atom. The topological polar surface area (TPSA) is 87.5 Å². The van der Waals surface area contributed by atoms with E-state index in [4.69, 9.17) is 4.52 Å². The average Bonchev–Trinajstić information content (AvgIpc) is 2.90. The minimum Gasteiger partial charge on any atom is -0.360 e. The Morgan fingerprint density at radius 2 is 2.14 bits per heavy atom. The lowest BCUT2D eigenvalue weighted by Gasteiger charge is -2.30. The zero-order valence-electron chi connectivity index (χ0n) is 12.5. The van der Waals surface area contributed by atoms with Crippen LogP contribution in [-0.4, -0.2) is 48.6 Å². The van der Waals surface area contributed by atoms with Gasteiger partial charge >= 0.3 is 0 Å². The van der Waals surface area contributed by atoms with Crippen molar-refractivity contribution in [2.45, 2.75) is 26.2 Å². The second kappa shape index (κ2) is 7.21. The molecule has 7 nitrogen and oxygen atoms in total. The predicted molar refractivity (Wildman–Crippen MR) is 77.7 cm³/mol. The number of carbonyl (C=O) groups excluding carboxylic acids is 2. The van der Waals surface area contributed by atoms with E-state index in [1.165, 1.54) is 0 Å². The van der Waals surface area contributed by atoms with Crippen LogP contribution < -0.4 is 10.6 Å². The number of aryl methyl sites for hydroxylation is 1. The molecule has 0 spiro atoms. The fourth-order valence-corrected chi connectivity index (χ4v) is 2.51. The second-order valence-corrected chi connectivity index (χ2v) is 5.35. The van der Waals surface area contributed by atoms with Crippen molar-refractivity contribution in [2.75, 3.05) is 32.0 Å². The fraction of sp³-hybridized carbons (Fsp3) is 0.643. The van der Waals surface area contributed by atoms with Crippen molar-refractivity contribution < 1.29 is 14.1 Å². The molecule has 0 atom stereocenters. The molecule has 1 fully saturated rings. The molecular weight excluding hydrogens is 272 g/mol. The smallest absolute Gasteiger partial charge is 0.226 e. The molecule has 116 valence electrons. The second-order valence-electron chi connectivity index (χ2n) is 5.35. The molecule has 1 aromatic rings. The third-order valence-electron chi connectivity index (χ3n) is 3.76. The fourth-order valence-electron chi connectivity index (χ4n) is 2.51. The maximum Gasteiger partial charge on any atom is 0.226 e. The predicted octanol–water partition coefficient (Wildman–Crippen LogP) is 0.770. The lowest BCUT2D eigenvalue weighted by Crippen LogP contribution is -2.40. The van der Waals surface area contributed by atoms with E-state index >= 15 is 0 Å². The van der Waals surface area contributed by atoms with E-state index in [2.05, 4.69) is 20.7 Å². The first-order valence-electron chi connectivity index (χ1n) is 7.25. The molecule has 21 heavy (non-hydrogen) atoms. The molecule has 2 N–H and O–H groups in total. The van der Waals surface area contributed by atoms with E-state index < -0.39 is 0 Å².